The summed E-state index contributed by atoms with van der Waals surface area (Å²) in [6.07, 6.45) is 1.78. The van der Waals surface area contributed by atoms with Gasteiger partial charge in [-0.25, -0.2) is 0 Å². The molecular weight excluding hydrogens is 340 g/mol. The molecule has 3 rings (SSSR count). The monoisotopic (exact) mass is 370 g/mol. The number of aryl methyl sites for hydroxylation is 1. The number of nitrogens with one attached hydrogen (secondary N) is 1. The molecule has 1 N–H and O–H groups in total. The van der Waals surface area contributed by atoms with E-state index in [1.165, 1.54) is 11.1 Å². The van der Waals surface area contributed by atoms with E-state index in [0.717, 1.165) is 31.4 Å². The van der Waals surface area contributed by atoms with E-state index >= 15 is 0 Å². The van der Waals surface area contributed by atoms with Gasteiger partial charge in [0.15, 0.2) is 5.96 Å². The summed E-state index contributed by atoms with van der Waals surface area (Å²) >= 11 is 0. The van der Waals surface area contributed by atoms with Crippen LogP contribution < -0.4 is 5.32 Å². The molecule has 2 aromatic rings. The van der Waals surface area contributed by atoms with Gasteiger partial charge in [0.05, 0.1) is 25.5 Å². The molecule has 1 aliphatic rings. The molecule has 2 heterocycles. The van der Waals surface area contributed by atoms with Crippen molar-refractivity contribution in [2.75, 3.05) is 47.4 Å². The lowest BCUT2D eigenvalue weighted by atomic mass is 10.0. The number of benzene rings is 1. The van der Waals surface area contributed by atoms with Gasteiger partial charge in [0, 0.05) is 20.1 Å². The minimum Gasteiger partial charge on any atom is -0.468 e. The lowest BCUT2D eigenvalue weighted by Crippen LogP contribution is -2.49. The fourth-order valence-electron chi connectivity index (χ4n) is 3.52. The van der Waals surface area contributed by atoms with Crippen LogP contribution in [0, 0.1) is 6.92 Å². The fraction of sp³-hybridized carbons (Fsp3) is 0.476. The number of nitrogens with zero attached hydrogens (tertiary/aromatic N) is 3. The van der Waals surface area contributed by atoms with Gasteiger partial charge in [0.1, 0.15) is 11.9 Å². The smallest absolute Gasteiger partial charge is 0.193 e. The first-order chi connectivity index (χ1) is 13.1. The van der Waals surface area contributed by atoms with Gasteiger partial charge >= 0.3 is 0 Å². The van der Waals surface area contributed by atoms with E-state index < -0.39 is 0 Å². The summed E-state index contributed by atoms with van der Waals surface area (Å²) in [5.74, 6) is 1.85. The van der Waals surface area contributed by atoms with Gasteiger partial charge in [0.2, 0.25) is 0 Å². The molecule has 6 heteroatoms. The van der Waals surface area contributed by atoms with Crippen molar-refractivity contribution in [3.8, 4) is 0 Å². The van der Waals surface area contributed by atoms with Crippen LogP contribution in [0.15, 0.2) is 52.1 Å². The fourth-order valence-corrected chi connectivity index (χ4v) is 3.52. The van der Waals surface area contributed by atoms with Crippen LogP contribution >= 0.6 is 0 Å². The van der Waals surface area contributed by atoms with E-state index in [0.29, 0.717) is 6.61 Å². The molecule has 0 bridgehead atoms. The van der Waals surface area contributed by atoms with E-state index in [9.17, 15) is 0 Å². The molecule has 6 nitrogen and oxygen atoms in total. The van der Waals surface area contributed by atoms with Gasteiger partial charge in [-0.05, 0) is 44.3 Å². The molecular formula is C21H30N4O2. The molecule has 0 saturated carbocycles. The van der Waals surface area contributed by atoms with Crippen molar-refractivity contribution in [2.45, 2.75) is 19.1 Å². The molecule has 1 aliphatic heterocycles. The highest BCUT2D eigenvalue weighted by Gasteiger charge is 2.26. The molecule has 2 unspecified atom stereocenters. The Hall–Kier alpha value is -2.31. The number of hydrogen-bond donors (Lipinski definition) is 1. The van der Waals surface area contributed by atoms with E-state index in [4.69, 9.17) is 9.15 Å². The summed E-state index contributed by atoms with van der Waals surface area (Å²) < 4.78 is 11.6. The molecule has 0 aliphatic carbocycles. The Labute approximate surface area is 161 Å². The summed E-state index contributed by atoms with van der Waals surface area (Å²) in [6.45, 7) is 5.16. The second kappa shape index (κ2) is 9.06. The Kier molecular flexibility index (Phi) is 6.53. The van der Waals surface area contributed by atoms with Crippen molar-refractivity contribution in [1.82, 2.24) is 15.1 Å². The first-order valence-corrected chi connectivity index (χ1v) is 9.42. The largest absolute Gasteiger partial charge is 0.468 e. The number of ether oxygens (including phenoxy) is 1. The minimum absolute atomic E-state index is 0.0632. The lowest BCUT2D eigenvalue weighted by Gasteiger charge is -2.36. The third kappa shape index (κ3) is 4.70. The lowest BCUT2D eigenvalue weighted by molar-refractivity contribution is -0.00841. The third-order valence-corrected chi connectivity index (χ3v) is 5.06. The summed E-state index contributed by atoms with van der Waals surface area (Å²) in [5.41, 5.74) is 2.51. The first-order valence-electron chi connectivity index (χ1n) is 9.42. The van der Waals surface area contributed by atoms with E-state index in [2.05, 4.69) is 65.4 Å². The number of furan rings is 1. The van der Waals surface area contributed by atoms with Crippen molar-refractivity contribution in [2.24, 2.45) is 4.99 Å². The quantitative estimate of drug-likeness (QED) is 0.648. The molecule has 2 atom stereocenters. The van der Waals surface area contributed by atoms with Crippen molar-refractivity contribution >= 4 is 5.96 Å². The van der Waals surface area contributed by atoms with Gasteiger partial charge in [-0.1, -0.05) is 24.3 Å². The predicted molar refractivity (Wildman–Crippen MR) is 108 cm³/mol. The number of likely N-dealkylation sites (N-methyl/N-ethyl adjacent to an activating group) is 1. The van der Waals surface area contributed by atoms with Crippen LogP contribution in [0.1, 0.15) is 29.0 Å². The Morgan fingerprint density at radius 2 is 2.11 bits per heavy atom. The Balaban J connectivity index is 1.66. The maximum Gasteiger partial charge on any atom is 0.193 e. The van der Waals surface area contributed by atoms with Crippen molar-refractivity contribution in [3.63, 3.8) is 0 Å². The van der Waals surface area contributed by atoms with Crippen LogP contribution in [0.2, 0.25) is 0 Å². The summed E-state index contributed by atoms with van der Waals surface area (Å²) in [7, 11) is 5.94. The Morgan fingerprint density at radius 1 is 1.30 bits per heavy atom. The summed E-state index contributed by atoms with van der Waals surface area (Å²) in [4.78, 5) is 8.92. The van der Waals surface area contributed by atoms with E-state index in [-0.39, 0.29) is 12.1 Å². The minimum atomic E-state index is 0.0632. The highest BCUT2D eigenvalue weighted by Crippen LogP contribution is 2.25. The van der Waals surface area contributed by atoms with Gasteiger partial charge in [0.25, 0.3) is 0 Å². The molecule has 1 aromatic heterocycles. The maximum atomic E-state index is 6.04. The second-order valence-corrected chi connectivity index (χ2v) is 7.08. The molecule has 27 heavy (non-hydrogen) atoms. The summed E-state index contributed by atoms with van der Waals surface area (Å²) in [6, 6.07) is 12.5. The second-order valence-electron chi connectivity index (χ2n) is 7.08. The van der Waals surface area contributed by atoms with Crippen molar-refractivity contribution < 1.29 is 9.15 Å². The molecule has 146 valence electrons. The average molecular weight is 370 g/mol. The molecule has 1 fully saturated rings. The predicted octanol–water partition coefficient (Wildman–Crippen LogP) is 2.84. The molecule has 0 spiro atoms. The van der Waals surface area contributed by atoms with Gasteiger partial charge in [-0.3, -0.25) is 9.89 Å². The van der Waals surface area contributed by atoms with Crippen LogP contribution in [0.3, 0.4) is 0 Å². The zero-order valence-electron chi connectivity index (χ0n) is 16.7. The van der Waals surface area contributed by atoms with Crippen molar-refractivity contribution in [3.05, 3.63) is 59.5 Å². The number of hydrogen-bond acceptors (Lipinski definition) is 4. The Bertz CT molecular complexity index is 742. The van der Waals surface area contributed by atoms with Crippen LogP contribution in [-0.2, 0) is 4.74 Å². The maximum absolute atomic E-state index is 6.04. The zero-order valence-corrected chi connectivity index (χ0v) is 16.7. The average Bonchev–Trinajstić information content (AvgIpc) is 3.20. The highest BCUT2D eigenvalue weighted by molar-refractivity contribution is 5.80. The Morgan fingerprint density at radius 3 is 2.78 bits per heavy atom. The highest BCUT2D eigenvalue weighted by atomic mass is 16.5. The molecule has 0 amide bonds. The first kappa shape index (κ1) is 19.5. The van der Waals surface area contributed by atoms with Crippen molar-refractivity contribution in [1.29, 1.82) is 0 Å². The van der Waals surface area contributed by atoms with Gasteiger partial charge in [-0.15, -0.1) is 0 Å². The summed E-state index contributed by atoms with van der Waals surface area (Å²) in [5, 5.41) is 3.51. The topological polar surface area (TPSA) is 53.2 Å². The van der Waals surface area contributed by atoms with Gasteiger partial charge < -0.3 is 19.4 Å². The van der Waals surface area contributed by atoms with Gasteiger partial charge in [-0.2, -0.15) is 0 Å². The van der Waals surface area contributed by atoms with Crippen LogP contribution in [-0.4, -0.2) is 63.1 Å². The van der Waals surface area contributed by atoms with E-state index in [1.54, 1.807) is 6.26 Å². The molecule has 1 saturated heterocycles. The normalized spacial score (nSPS) is 19.4. The van der Waals surface area contributed by atoms with Crippen LogP contribution in [0.5, 0.6) is 0 Å². The number of guanidine groups is 1. The number of aliphatic imine (C=N–C) groups is 1. The van der Waals surface area contributed by atoms with E-state index in [1.807, 2.05) is 19.2 Å². The molecule has 1 aromatic carbocycles. The number of morpholine rings is 1. The zero-order chi connectivity index (χ0) is 19.2. The molecule has 0 radical (unpaired) electrons. The van der Waals surface area contributed by atoms with Crippen LogP contribution in [0.4, 0.5) is 0 Å². The third-order valence-electron chi connectivity index (χ3n) is 5.06. The SMILES string of the molecule is CN=C(NCC(c1ccco1)N(C)C)N1CCOC(c2ccccc2C)C1. The standard InChI is InChI=1S/C21H30N4O2/c1-16-8-5-6-9-17(16)20-15-25(11-13-27-20)21(22-2)23-14-18(24(3)4)19-10-7-12-26-19/h5-10,12,18,20H,11,13-15H2,1-4H3,(H,22,23). The van der Waals surface area contributed by atoms with Crippen LogP contribution in [0.25, 0.3) is 0 Å². The number of rotatable bonds is 5.